The maximum Gasteiger partial charge on any atom is 0.209 e. The molecule has 4 nitrogen and oxygen atoms in total. The van der Waals surface area contributed by atoms with Crippen LogP contribution < -0.4 is 16.4 Å². The summed E-state index contributed by atoms with van der Waals surface area (Å²) in [5.74, 6) is 0. The van der Waals surface area contributed by atoms with Crippen molar-refractivity contribution in [2.75, 3.05) is 19.0 Å². The van der Waals surface area contributed by atoms with Crippen LogP contribution in [0.4, 0.5) is 11.4 Å². The Balaban J connectivity index is 1.69. The highest BCUT2D eigenvalue weighted by Crippen LogP contribution is 2.47. The topological polar surface area (TPSA) is 58.3 Å². The van der Waals surface area contributed by atoms with E-state index in [2.05, 4.69) is 106 Å². The second-order valence-electron chi connectivity index (χ2n) is 9.78. The van der Waals surface area contributed by atoms with Crippen molar-refractivity contribution in [2.24, 2.45) is 11.5 Å². The van der Waals surface area contributed by atoms with Crippen molar-refractivity contribution in [2.45, 2.75) is 51.6 Å². The van der Waals surface area contributed by atoms with Crippen LogP contribution in [-0.4, -0.2) is 24.4 Å². The largest absolute Gasteiger partial charge is 0.347 e. The smallest absolute Gasteiger partial charge is 0.209 e. The van der Waals surface area contributed by atoms with Gasteiger partial charge >= 0.3 is 0 Å². The summed E-state index contributed by atoms with van der Waals surface area (Å²) in [6.07, 6.45) is 6.72. The normalized spacial score (nSPS) is 20.1. The molecule has 2 heterocycles. The molecule has 162 valence electrons. The van der Waals surface area contributed by atoms with Gasteiger partial charge in [0.1, 0.15) is 7.05 Å². The molecule has 4 rings (SSSR count). The highest BCUT2D eigenvalue weighted by molar-refractivity contribution is 6.03. The molecule has 4 heteroatoms. The molecule has 0 spiro atoms. The van der Waals surface area contributed by atoms with Gasteiger partial charge in [0.25, 0.3) is 0 Å². The first kappa shape index (κ1) is 21.5. The van der Waals surface area contributed by atoms with Crippen LogP contribution in [0.15, 0.2) is 60.3 Å². The summed E-state index contributed by atoms with van der Waals surface area (Å²) in [5, 5.41) is 0. The van der Waals surface area contributed by atoms with Crippen LogP contribution in [0.3, 0.4) is 0 Å². The Morgan fingerprint density at radius 1 is 0.903 bits per heavy atom. The molecule has 0 radical (unpaired) electrons. The average molecular weight is 416 g/mol. The van der Waals surface area contributed by atoms with Gasteiger partial charge in [-0.3, -0.25) is 0 Å². The number of nitrogens with two attached hydrogens (primary N) is 2. The van der Waals surface area contributed by atoms with E-state index in [-0.39, 0.29) is 10.8 Å². The van der Waals surface area contributed by atoms with Crippen LogP contribution in [0, 0.1) is 0 Å². The Hall–Kier alpha value is -2.69. The number of benzene rings is 2. The van der Waals surface area contributed by atoms with Gasteiger partial charge in [-0.25, -0.2) is 0 Å². The van der Waals surface area contributed by atoms with Crippen LogP contribution in [0.1, 0.15) is 49.9 Å². The molecule has 2 aromatic carbocycles. The molecule has 0 unspecified atom stereocenters. The second kappa shape index (κ2) is 7.47. The van der Waals surface area contributed by atoms with Crippen LogP contribution >= 0.6 is 0 Å². The lowest BCUT2D eigenvalue weighted by molar-refractivity contribution is -0.401. The zero-order valence-electron chi connectivity index (χ0n) is 19.7. The molecular weight excluding hydrogens is 380 g/mol. The van der Waals surface area contributed by atoms with Crippen LogP contribution in [0.5, 0.6) is 0 Å². The fourth-order valence-electron chi connectivity index (χ4n) is 5.25. The van der Waals surface area contributed by atoms with Gasteiger partial charge in [0.2, 0.25) is 5.69 Å². The molecule has 0 saturated carbocycles. The Labute approximate surface area is 186 Å². The van der Waals surface area contributed by atoms with E-state index in [0.29, 0.717) is 13.1 Å². The maximum atomic E-state index is 5.89. The highest BCUT2D eigenvalue weighted by atomic mass is 15.2. The number of rotatable bonds is 4. The standard InChI is InChI=1S/C27H35N4/c1-26(2)20-14-18(16-28)10-12-22(20)30(5)24(26)8-7-9-25-27(3,4)21-15-19(17-29)11-13-23(21)31(25)6/h7-15H,16-17,28-29H2,1-6H3/q+1. The van der Waals surface area contributed by atoms with E-state index in [0.717, 1.165) is 0 Å². The first-order valence-corrected chi connectivity index (χ1v) is 11.0. The van der Waals surface area contributed by atoms with E-state index in [1.807, 2.05) is 0 Å². The van der Waals surface area contributed by atoms with Gasteiger partial charge in [-0.05, 0) is 48.7 Å². The summed E-state index contributed by atoms with van der Waals surface area (Å²) in [6, 6.07) is 13.2. The summed E-state index contributed by atoms with van der Waals surface area (Å²) >= 11 is 0. The predicted molar refractivity (Wildman–Crippen MR) is 131 cm³/mol. The number of likely N-dealkylation sites (N-methyl/N-ethyl adjacent to an activating group) is 1. The third-order valence-corrected chi connectivity index (χ3v) is 7.17. The van der Waals surface area contributed by atoms with Crippen LogP contribution in [-0.2, 0) is 23.9 Å². The Morgan fingerprint density at radius 3 is 2.16 bits per heavy atom. The zero-order chi connectivity index (χ0) is 22.6. The molecule has 0 amide bonds. The van der Waals surface area contributed by atoms with Crippen molar-refractivity contribution in [3.05, 3.63) is 82.6 Å². The van der Waals surface area contributed by atoms with E-state index in [1.54, 1.807) is 0 Å². The SMILES string of the molecule is CN1/C(=C/C=C/C2=[N+](C)c3ccc(CN)cc3C2(C)C)C(C)(C)c2cc(CN)ccc21. The first-order valence-electron chi connectivity index (χ1n) is 11.0. The van der Waals surface area contributed by atoms with Crippen molar-refractivity contribution >= 4 is 17.1 Å². The average Bonchev–Trinajstić information content (AvgIpc) is 3.06. The lowest BCUT2D eigenvalue weighted by atomic mass is 9.80. The minimum Gasteiger partial charge on any atom is -0.347 e. The van der Waals surface area contributed by atoms with E-state index < -0.39 is 0 Å². The monoisotopic (exact) mass is 415 g/mol. The highest BCUT2D eigenvalue weighted by Gasteiger charge is 2.43. The molecule has 31 heavy (non-hydrogen) atoms. The second-order valence-corrected chi connectivity index (χ2v) is 9.78. The number of allylic oxidation sites excluding steroid dienone is 4. The summed E-state index contributed by atoms with van der Waals surface area (Å²) in [7, 11) is 4.30. The number of anilines is 1. The van der Waals surface area contributed by atoms with Crippen molar-refractivity contribution < 1.29 is 4.58 Å². The minimum atomic E-state index is -0.0691. The maximum absolute atomic E-state index is 5.89. The van der Waals surface area contributed by atoms with Gasteiger partial charge < -0.3 is 16.4 Å². The molecule has 0 aromatic heterocycles. The van der Waals surface area contributed by atoms with Crippen molar-refractivity contribution in [3.8, 4) is 0 Å². The molecule has 0 aliphatic carbocycles. The Kier molecular flexibility index (Phi) is 5.19. The van der Waals surface area contributed by atoms with Gasteiger partial charge in [-0.2, -0.15) is 4.58 Å². The number of hydrogen-bond donors (Lipinski definition) is 2. The van der Waals surface area contributed by atoms with Crippen molar-refractivity contribution in [3.63, 3.8) is 0 Å². The van der Waals surface area contributed by atoms with Crippen LogP contribution in [0.25, 0.3) is 0 Å². The number of nitrogens with zero attached hydrogens (tertiary/aromatic N) is 2. The lowest BCUT2D eigenvalue weighted by Crippen LogP contribution is -2.27. The molecule has 0 saturated heterocycles. The predicted octanol–water partition coefficient (Wildman–Crippen LogP) is 4.48. The minimum absolute atomic E-state index is 0.0691. The number of hydrogen-bond acceptors (Lipinski definition) is 3. The summed E-state index contributed by atoms with van der Waals surface area (Å²) < 4.78 is 2.30. The molecule has 2 aliphatic heterocycles. The number of fused-ring (bicyclic) bond motifs is 2. The molecule has 0 atom stereocenters. The van der Waals surface area contributed by atoms with Gasteiger partial charge in [0.15, 0.2) is 5.71 Å². The quantitative estimate of drug-likeness (QED) is 0.724. The van der Waals surface area contributed by atoms with Gasteiger partial charge in [0, 0.05) is 54.6 Å². The molecule has 4 N–H and O–H groups in total. The zero-order valence-corrected chi connectivity index (χ0v) is 19.7. The van der Waals surface area contributed by atoms with Crippen molar-refractivity contribution in [1.29, 1.82) is 0 Å². The fourth-order valence-corrected chi connectivity index (χ4v) is 5.25. The third-order valence-electron chi connectivity index (χ3n) is 7.17. The van der Waals surface area contributed by atoms with E-state index in [1.165, 1.54) is 45.0 Å². The van der Waals surface area contributed by atoms with Gasteiger partial charge in [0.05, 0.1) is 5.41 Å². The van der Waals surface area contributed by atoms with E-state index in [9.17, 15) is 0 Å². The van der Waals surface area contributed by atoms with Gasteiger partial charge in [-0.15, -0.1) is 0 Å². The molecule has 0 fully saturated rings. The Bertz CT molecular complexity index is 1130. The molecule has 2 aliphatic rings. The summed E-state index contributed by atoms with van der Waals surface area (Å²) in [5.41, 5.74) is 21.8. The first-order chi connectivity index (χ1) is 14.6. The van der Waals surface area contributed by atoms with Gasteiger partial charge in [-0.1, -0.05) is 38.1 Å². The molecule has 0 bridgehead atoms. The van der Waals surface area contributed by atoms with E-state index >= 15 is 0 Å². The van der Waals surface area contributed by atoms with E-state index in [4.69, 9.17) is 11.5 Å². The summed E-state index contributed by atoms with van der Waals surface area (Å²) in [6.45, 7) is 10.3. The van der Waals surface area contributed by atoms with Crippen LogP contribution in [0.2, 0.25) is 0 Å². The lowest BCUT2D eigenvalue weighted by Gasteiger charge is -2.23. The fraction of sp³-hybridized carbons (Fsp3) is 0.370. The summed E-state index contributed by atoms with van der Waals surface area (Å²) in [4.78, 5) is 2.30. The third kappa shape index (κ3) is 3.26. The molecular formula is C27H35N4+. The Morgan fingerprint density at radius 2 is 1.52 bits per heavy atom. The van der Waals surface area contributed by atoms with Crippen molar-refractivity contribution in [1.82, 2.24) is 0 Å². The molecule has 2 aromatic rings.